The number of benzene rings is 2. The Kier molecular flexibility index (Phi) is 5.11. The number of aliphatic imine (C=N–C) groups is 1. The van der Waals surface area contributed by atoms with Crippen LogP contribution in [0.3, 0.4) is 0 Å². The highest BCUT2D eigenvalue weighted by molar-refractivity contribution is 7.80. The zero-order valence-electron chi connectivity index (χ0n) is 14.6. The van der Waals surface area contributed by atoms with Gasteiger partial charge in [0.1, 0.15) is 11.1 Å². The van der Waals surface area contributed by atoms with Gasteiger partial charge >= 0.3 is 0 Å². The highest BCUT2D eigenvalue weighted by atomic mass is 35.5. The summed E-state index contributed by atoms with van der Waals surface area (Å²) in [5, 5.41) is 13.8. The fourth-order valence-electron chi connectivity index (χ4n) is 2.93. The van der Waals surface area contributed by atoms with Crippen molar-refractivity contribution in [3.05, 3.63) is 59.1 Å². The van der Waals surface area contributed by atoms with Crippen LogP contribution < -0.4 is 10.2 Å². The second-order valence-corrected chi connectivity index (χ2v) is 7.94. The number of amides is 2. The maximum atomic E-state index is 13.0. The topological polar surface area (TPSA) is 85.6 Å². The summed E-state index contributed by atoms with van der Waals surface area (Å²) >= 11 is 12.4. The Bertz CT molecular complexity index is 1230. The van der Waals surface area contributed by atoms with Gasteiger partial charge in [0.15, 0.2) is 11.0 Å². The van der Waals surface area contributed by atoms with Crippen LogP contribution in [0.1, 0.15) is 5.56 Å². The van der Waals surface area contributed by atoms with Gasteiger partial charge in [-0.2, -0.15) is 5.26 Å². The van der Waals surface area contributed by atoms with Crippen LogP contribution in [0.25, 0.3) is 10.1 Å². The molecule has 1 saturated heterocycles. The third-order valence-corrected chi connectivity index (χ3v) is 5.93. The second-order valence-electron chi connectivity index (χ2n) is 6.09. The Morgan fingerprint density at radius 2 is 1.93 bits per heavy atom. The van der Waals surface area contributed by atoms with E-state index >= 15 is 0 Å². The highest BCUT2D eigenvalue weighted by Gasteiger charge is 2.38. The van der Waals surface area contributed by atoms with Crippen LogP contribution in [0, 0.1) is 17.2 Å². The van der Waals surface area contributed by atoms with Gasteiger partial charge in [-0.25, -0.2) is 4.99 Å². The minimum Gasteiger partial charge on any atom is -0.301 e. The maximum absolute atomic E-state index is 13.0. The van der Waals surface area contributed by atoms with Crippen molar-refractivity contribution in [3.8, 4) is 6.07 Å². The van der Waals surface area contributed by atoms with E-state index in [0.717, 1.165) is 10.1 Å². The summed E-state index contributed by atoms with van der Waals surface area (Å²) in [7, 11) is 0. The lowest BCUT2D eigenvalue weighted by atomic mass is 10.1. The van der Waals surface area contributed by atoms with Crippen LogP contribution in [0.15, 0.2) is 53.5 Å². The smallest absolute Gasteiger partial charge is 0.251 e. The van der Waals surface area contributed by atoms with Crippen LogP contribution in [0.5, 0.6) is 0 Å². The quantitative estimate of drug-likeness (QED) is 0.377. The molecule has 2 amide bonds. The molecule has 1 aromatic heterocycles. The molecule has 29 heavy (non-hydrogen) atoms. The highest BCUT2D eigenvalue weighted by Crippen LogP contribution is 2.37. The lowest BCUT2D eigenvalue weighted by Gasteiger charge is -2.30. The SMILES string of the molecule is N#Cc1c(N=C[C@@H]2C(=O)NC(=S)N(c3ccc(Cl)cc3)C2=O)sc2ccccc12. The van der Waals surface area contributed by atoms with Crippen molar-refractivity contribution in [2.75, 3.05) is 4.90 Å². The molecule has 0 saturated carbocycles. The molecule has 0 unspecified atom stereocenters. The van der Waals surface area contributed by atoms with Crippen molar-refractivity contribution in [2.24, 2.45) is 10.9 Å². The molecule has 142 valence electrons. The number of fused-ring (bicyclic) bond motifs is 1. The normalized spacial score (nSPS) is 17.0. The number of nitrogens with zero attached hydrogens (tertiary/aromatic N) is 3. The summed E-state index contributed by atoms with van der Waals surface area (Å²) in [6.07, 6.45) is 1.26. The van der Waals surface area contributed by atoms with Gasteiger partial charge in [-0.05, 0) is 42.5 Å². The first kappa shape index (κ1) is 19.2. The summed E-state index contributed by atoms with van der Waals surface area (Å²) in [5.41, 5.74) is 0.901. The first-order valence-electron chi connectivity index (χ1n) is 8.40. The first-order valence-corrected chi connectivity index (χ1v) is 10.00. The Morgan fingerprint density at radius 1 is 1.21 bits per heavy atom. The molecule has 1 atom stereocenters. The monoisotopic (exact) mass is 438 g/mol. The zero-order valence-corrected chi connectivity index (χ0v) is 17.0. The van der Waals surface area contributed by atoms with Gasteiger partial charge in [-0.1, -0.05) is 29.8 Å². The van der Waals surface area contributed by atoms with E-state index < -0.39 is 17.7 Å². The van der Waals surface area contributed by atoms with Crippen molar-refractivity contribution in [2.45, 2.75) is 0 Å². The van der Waals surface area contributed by atoms with E-state index in [1.54, 1.807) is 24.3 Å². The minimum atomic E-state index is -1.17. The molecule has 1 aliphatic rings. The average Bonchev–Trinajstić information content (AvgIpc) is 3.06. The largest absolute Gasteiger partial charge is 0.301 e. The number of hydrogen-bond donors (Lipinski definition) is 1. The van der Waals surface area contributed by atoms with E-state index in [1.165, 1.54) is 22.5 Å². The van der Waals surface area contributed by atoms with Crippen LogP contribution >= 0.6 is 35.2 Å². The van der Waals surface area contributed by atoms with Crippen molar-refractivity contribution in [1.29, 1.82) is 5.26 Å². The Morgan fingerprint density at radius 3 is 2.66 bits per heavy atom. The number of carbonyl (C=O) groups is 2. The molecule has 2 heterocycles. The average molecular weight is 439 g/mol. The van der Waals surface area contributed by atoms with Gasteiger partial charge in [-0.3, -0.25) is 14.5 Å². The number of anilines is 1. The predicted molar refractivity (Wildman–Crippen MR) is 118 cm³/mol. The molecule has 4 rings (SSSR count). The fourth-order valence-corrected chi connectivity index (χ4v) is 4.36. The molecule has 1 N–H and O–H groups in total. The molecule has 0 aliphatic carbocycles. The third-order valence-electron chi connectivity index (χ3n) is 4.32. The van der Waals surface area contributed by atoms with Gasteiger partial charge in [0.25, 0.3) is 5.91 Å². The van der Waals surface area contributed by atoms with E-state index in [-0.39, 0.29) is 5.11 Å². The molecule has 6 nitrogen and oxygen atoms in total. The molecule has 0 bridgehead atoms. The fraction of sp³-hybridized carbons (Fsp3) is 0.0500. The molecule has 1 aliphatic heterocycles. The zero-order chi connectivity index (χ0) is 20.5. The summed E-state index contributed by atoms with van der Waals surface area (Å²) in [4.78, 5) is 30.9. The van der Waals surface area contributed by atoms with Gasteiger partial charge in [0.2, 0.25) is 5.91 Å². The third kappa shape index (κ3) is 3.51. The Hall–Kier alpha value is -3.12. The van der Waals surface area contributed by atoms with Crippen LogP contribution in [-0.4, -0.2) is 23.1 Å². The number of carbonyl (C=O) groups excluding carboxylic acids is 2. The van der Waals surface area contributed by atoms with E-state index in [4.69, 9.17) is 23.8 Å². The van der Waals surface area contributed by atoms with E-state index in [9.17, 15) is 14.9 Å². The molecular formula is C20H11ClN4O2S2. The van der Waals surface area contributed by atoms with E-state index in [0.29, 0.717) is 21.3 Å². The summed E-state index contributed by atoms with van der Waals surface area (Å²) < 4.78 is 0.902. The number of thiocarbonyl (C=S) groups is 1. The van der Waals surface area contributed by atoms with E-state index in [1.807, 2.05) is 24.3 Å². The Balaban J connectivity index is 1.68. The van der Waals surface area contributed by atoms with Crippen molar-refractivity contribution < 1.29 is 9.59 Å². The minimum absolute atomic E-state index is 0.00783. The number of thiophene rings is 1. The standard InChI is InChI=1S/C20H11ClN4O2S2/c21-11-5-7-12(8-6-11)25-19(27)15(17(26)24-20(25)28)10-23-18-14(9-22)13-3-1-2-4-16(13)29-18/h1-8,10,15H,(H,24,26,28)/t15-/m1/s1. The maximum Gasteiger partial charge on any atom is 0.251 e. The van der Waals surface area contributed by atoms with Crippen LogP contribution in [0.4, 0.5) is 10.7 Å². The summed E-state index contributed by atoms with van der Waals surface area (Å²) in [5.74, 6) is -2.26. The first-order chi connectivity index (χ1) is 14.0. The second kappa shape index (κ2) is 7.72. The van der Waals surface area contributed by atoms with Crippen LogP contribution in [0.2, 0.25) is 5.02 Å². The lowest BCUT2D eigenvalue weighted by molar-refractivity contribution is -0.130. The number of halogens is 1. The molecule has 3 aromatic rings. The number of hydrogen-bond acceptors (Lipinski definition) is 6. The number of nitrogens with one attached hydrogen (secondary N) is 1. The van der Waals surface area contributed by atoms with Crippen molar-refractivity contribution in [1.82, 2.24) is 5.32 Å². The summed E-state index contributed by atoms with van der Waals surface area (Å²) in [6, 6.07) is 16.1. The van der Waals surface area contributed by atoms with Gasteiger partial charge in [-0.15, -0.1) is 11.3 Å². The van der Waals surface area contributed by atoms with E-state index in [2.05, 4.69) is 16.4 Å². The molecule has 0 spiro atoms. The van der Waals surface area contributed by atoms with Crippen molar-refractivity contribution in [3.63, 3.8) is 0 Å². The molecule has 1 fully saturated rings. The molecule has 9 heteroatoms. The Labute approximate surface area is 180 Å². The predicted octanol–water partition coefficient (Wildman–Crippen LogP) is 4.19. The summed E-state index contributed by atoms with van der Waals surface area (Å²) in [6.45, 7) is 0. The van der Waals surface area contributed by atoms with Gasteiger partial charge in [0.05, 0.1) is 11.3 Å². The van der Waals surface area contributed by atoms with Gasteiger partial charge in [0, 0.05) is 21.3 Å². The van der Waals surface area contributed by atoms with Crippen molar-refractivity contribution >= 4 is 79.1 Å². The number of rotatable bonds is 3. The molecule has 0 radical (unpaired) electrons. The van der Waals surface area contributed by atoms with Gasteiger partial charge < -0.3 is 5.32 Å². The number of nitriles is 1. The lowest BCUT2D eigenvalue weighted by Crippen LogP contribution is -2.58. The molecular weight excluding hydrogens is 428 g/mol. The van der Waals surface area contributed by atoms with Crippen LogP contribution in [-0.2, 0) is 9.59 Å². The molecule has 2 aromatic carbocycles.